The Hall–Kier alpha value is -1.18. The maximum absolute atomic E-state index is 8.53. The van der Waals surface area contributed by atoms with Crippen LogP contribution >= 0.6 is 23.4 Å². The molecule has 0 saturated carbocycles. The van der Waals surface area contributed by atoms with Crippen molar-refractivity contribution in [3.63, 3.8) is 0 Å². The van der Waals surface area contributed by atoms with Crippen LogP contribution in [-0.2, 0) is 6.54 Å². The van der Waals surface area contributed by atoms with E-state index in [1.54, 1.807) is 6.19 Å². The number of aliphatic imine (C=N–C) groups is 1. The van der Waals surface area contributed by atoms with Crippen LogP contribution < -0.4 is 0 Å². The van der Waals surface area contributed by atoms with Crippen LogP contribution in [0, 0.1) is 11.5 Å². The first-order chi connectivity index (χ1) is 7.67. The number of rotatable bonds is 2. The van der Waals surface area contributed by atoms with Gasteiger partial charge < -0.3 is 4.90 Å². The first-order valence-corrected chi connectivity index (χ1v) is 6.24. The first-order valence-electron chi connectivity index (χ1n) is 4.63. The lowest BCUT2D eigenvalue weighted by atomic mass is 10.2. The van der Waals surface area contributed by atoms with Crippen LogP contribution in [-0.4, -0.2) is 23.4 Å². The second-order valence-corrected chi connectivity index (χ2v) is 4.39. The van der Waals surface area contributed by atoms with Crippen molar-refractivity contribution in [3.05, 3.63) is 34.9 Å². The highest BCUT2D eigenvalue weighted by Gasteiger charge is 2.06. The molecule has 0 aliphatic rings. The Kier molecular flexibility index (Phi) is 5.17. The molecule has 0 fully saturated rings. The Labute approximate surface area is 105 Å². The Morgan fingerprint density at radius 3 is 2.94 bits per heavy atom. The molecule has 0 unspecified atom stereocenters. The largest absolute Gasteiger partial charge is 0.349 e. The molecule has 0 saturated heterocycles. The van der Waals surface area contributed by atoms with Crippen molar-refractivity contribution in [2.45, 2.75) is 6.54 Å². The van der Waals surface area contributed by atoms with Crippen LogP contribution in [0.1, 0.15) is 5.56 Å². The fourth-order valence-electron chi connectivity index (χ4n) is 1.31. The van der Waals surface area contributed by atoms with Crippen molar-refractivity contribution in [1.82, 2.24) is 4.90 Å². The third kappa shape index (κ3) is 3.76. The molecule has 0 aliphatic carbocycles. The van der Waals surface area contributed by atoms with E-state index in [1.807, 2.05) is 42.5 Å². The Morgan fingerprint density at radius 2 is 2.38 bits per heavy atom. The predicted octanol–water partition coefficient (Wildman–Crippen LogP) is 2.97. The number of thioether (sulfide) groups is 1. The molecule has 84 valence electrons. The minimum absolute atomic E-state index is 0.682. The predicted molar refractivity (Wildman–Crippen MR) is 69.5 cm³/mol. The second-order valence-electron chi connectivity index (χ2n) is 3.18. The highest BCUT2D eigenvalue weighted by molar-refractivity contribution is 8.13. The van der Waals surface area contributed by atoms with E-state index in [1.165, 1.54) is 11.8 Å². The Bertz CT molecular complexity index is 425. The molecule has 5 heteroatoms. The maximum Gasteiger partial charge on any atom is 0.208 e. The van der Waals surface area contributed by atoms with Crippen LogP contribution in [0.3, 0.4) is 0 Å². The number of benzene rings is 1. The number of nitriles is 1. The molecule has 0 amide bonds. The van der Waals surface area contributed by atoms with Gasteiger partial charge in [-0.05, 0) is 24.0 Å². The zero-order valence-corrected chi connectivity index (χ0v) is 10.7. The zero-order chi connectivity index (χ0) is 12.0. The minimum atomic E-state index is 0.682. The monoisotopic (exact) mass is 253 g/mol. The lowest BCUT2D eigenvalue weighted by Crippen LogP contribution is -2.23. The van der Waals surface area contributed by atoms with Gasteiger partial charge in [-0.2, -0.15) is 5.26 Å². The lowest BCUT2D eigenvalue weighted by molar-refractivity contribution is 0.511. The lowest BCUT2D eigenvalue weighted by Gasteiger charge is -2.18. The SMILES string of the molecule is CSC(=NC#N)N(C)Cc1cccc(Cl)c1. The second kappa shape index (κ2) is 6.41. The number of halogens is 1. The molecule has 1 aromatic carbocycles. The Morgan fingerprint density at radius 1 is 1.62 bits per heavy atom. The molecule has 0 aliphatic heterocycles. The first kappa shape index (κ1) is 12.9. The van der Waals surface area contributed by atoms with Crippen molar-refractivity contribution >= 4 is 28.5 Å². The highest BCUT2D eigenvalue weighted by atomic mass is 35.5. The van der Waals surface area contributed by atoms with Crippen molar-refractivity contribution in [3.8, 4) is 6.19 Å². The van der Waals surface area contributed by atoms with E-state index in [9.17, 15) is 0 Å². The number of nitrogens with zero attached hydrogens (tertiary/aromatic N) is 3. The van der Waals surface area contributed by atoms with Crippen LogP contribution in [0.4, 0.5) is 0 Å². The summed E-state index contributed by atoms with van der Waals surface area (Å²) in [6.07, 6.45) is 3.69. The van der Waals surface area contributed by atoms with Gasteiger partial charge in [-0.25, -0.2) is 0 Å². The number of hydrogen-bond acceptors (Lipinski definition) is 3. The zero-order valence-electron chi connectivity index (χ0n) is 9.14. The van der Waals surface area contributed by atoms with Crippen molar-refractivity contribution < 1.29 is 0 Å². The molecule has 0 heterocycles. The van der Waals surface area contributed by atoms with Gasteiger partial charge in [0.2, 0.25) is 6.19 Å². The molecule has 3 nitrogen and oxygen atoms in total. The summed E-state index contributed by atoms with van der Waals surface area (Å²) >= 11 is 7.34. The molecule has 1 rings (SSSR count). The molecule has 16 heavy (non-hydrogen) atoms. The molecule has 0 N–H and O–H groups in total. The molecular weight excluding hydrogens is 242 g/mol. The quantitative estimate of drug-likeness (QED) is 0.462. The van der Waals surface area contributed by atoms with Gasteiger partial charge in [-0.1, -0.05) is 35.5 Å². The average molecular weight is 254 g/mol. The van der Waals surface area contributed by atoms with E-state index in [0.29, 0.717) is 16.7 Å². The summed E-state index contributed by atoms with van der Waals surface area (Å²) in [4.78, 5) is 5.66. The van der Waals surface area contributed by atoms with Gasteiger partial charge in [0.05, 0.1) is 0 Å². The standard InChI is InChI=1S/C11H12ClN3S/c1-15(11(16-2)14-8-13)7-9-4-3-5-10(12)6-9/h3-6H,7H2,1-2H3. The molecule has 0 aromatic heterocycles. The molecule has 0 radical (unpaired) electrons. The van der Waals surface area contributed by atoms with Gasteiger partial charge in [0.15, 0.2) is 5.17 Å². The Balaban J connectivity index is 2.74. The summed E-state index contributed by atoms with van der Waals surface area (Å²) in [7, 11) is 1.90. The normalized spacial score (nSPS) is 11.0. The van der Waals surface area contributed by atoms with Crippen LogP contribution in [0.5, 0.6) is 0 Å². The van der Waals surface area contributed by atoms with Crippen molar-refractivity contribution in [2.75, 3.05) is 13.3 Å². The van der Waals surface area contributed by atoms with E-state index in [4.69, 9.17) is 16.9 Å². The molecule has 0 bridgehead atoms. The van der Waals surface area contributed by atoms with Crippen LogP contribution in [0.25, 0.3) is 0 Å². The molecule has 0 atom stereocenters. The smallest absolute Gasteiger partial charge is 0.208 e. The fourth-order valence-corrected chi connectivity index (χ4v) is 2.03. The van der Waals surface area contributed by atoms with E-state index < -0.39 is 0 Å². The van der Waals surface area contributed by atoms with E-state index in [-0.39, 0.29) is 0 Å². The van der Waals surface area contributed by atoms with Crippen molar-refractivity contribution in [1.29, 1.82) is 5.26 Å². The van der Waals surface area contributed by atoms with Crippen molar-refractivity contribution in [2.24, 2.45) is 4.99 Å². The third-order valence-electron chi connectivity index (χ3n) is 1.96. The van der Waals surface area contributed by atoms with Gasteiger partial charge in [-0.3, -0.25) is 0 Å². The molecule has 1 aromatic rings. The topological polar surface area (TPSA) is 39.4 Å². The van der Waals surface area contributed by atoms with Crippen LogP contribution in [0.2, 0.25) is 5.02 Å². The highest BCUT2D eigenvalue weighted by Crippen LogP contribution is 2.14. The minimum Gasteiger partial charge on any atom is -0.349 e. The number of amidine groups is 1. The summed E-state index contributed by atoms with van der Waals surface area (Å²) in [6, 6.07) is 7.64. The van der Waals surface area contributed by atoms with Gasteiger partial charge in [0.25, 0.3) is 0 Å². The van der Waals surface area contributed by atoms with Gasteiger partial charge in [0.1, 0.15) is 0 Å². The van der Waals surface area contributed by atoms with E-state index >= 15 is 0 Å². The van der Waals surface area contributed by atoms with Gasteiger partial charge >= 0.3 is 0 Å². The summed E-state index contributed by atoms with van der Waals surface area (Å²) in [5.74, 6) is 0. The summed E-state index contributed by atoms with van der Waals surface area (Å²) in [5.41, 5.74) is 1.09. The van der Waals surface area contributed by atoms with Gasteiger partial charge in [0, 0.05) is 18.6 Å². The number of hydrogen-bond donors (Lipinski definition) is 0. The van der Waals surface area contributed by atoms with E-state index in [0.717, 1.165) is 5.56 Å². The van der Waals surface area contributed by atoms with Gasteiger partial charge in [-0.15, -0.1) is 4.99 Å². The summed E-state index contributed by atoms with van der Waals surface area (Å²) < 4.78 is 0. The van der Waals surface area contributed by atoms with Crippen LogP contribution in [0.15, 0.2) is 29.3 Å². The summed E-state index contributed by atoms with van der Waals surface area (Å²) in [5, 5.41) is 9.94. The molecule has 0 spiro atoms. The third-order valence-corrected chi connectivity index (χ3v) is 2.97. The van der Waals surface area contributed by atoms with E-state index in [2.05, 4.69) is 4.99 Å². The average Bonchev–Trinajstić information content (AvgIpc) is 2.25. The maximum atomic E-state index is 8.53. The summed E-state index contributed by atoms with van der Waals surface area (Å²) in [6.45, 7) is 0.682. The molecular formula is C11H12ClN3S. The fraction of sp³-hybridized carbons (Fsp3) is 0.273.